The highest BCUT2D eigenvalue weighted by Crippen LogP contribution is 2.29. The summed E-state index contributed by atoms with van der Waals surface area (Å²) in [5.41, 5.74) is 1.87. The van der Waals surface area contributed by atoms with Crippen molar-refractivity contribution >= 4 is 11.7 Å². The van der Waals surface area contributed by atoms with E-state index in [0.717, 1.165) is 17.0 Å². The Morgan fingerprint density at radius 3 is 2.22 bits per heavy atom. The number of hydrogen-bond donors (Lipinski definition) is 0. The molecule has 0 aliphatic carbocycles. The number of esters is 1. The average Bonchev–Trinajstić information content (AvgIpc) is 2.60. The van der Waals surface area contributed by atoms with Gasteiger partial charge in [-0.25, -0.2) is 4.79 Å². The quantitative estimate of drug-likeness (QED) is 0.728. The van der Waals surface area contributed by atoms with Gasteiger partial charge in [0.1, 0.15) is 5.75 Å². The Hall–Kier alpha value is -2.49. The summed E-state index contributed by atoms with van der Waals surface area (Å²) in [5.74, 6) is 0.550. The number of carbonyl (C=O) groups excluding carboxylic acids is 1. The van der Waals surface area contributed by atoms with Gasteiger partial charge < -0.3 is 14.4 Å². The number of rotatable bonds is 7. The molecule has 2 rings (SSSR count). The van der Waals surface area contributed by atoms with E-state index in [1.807, 2.05) is 73.3 Å². The third-order valence-electron chi connectivity index (χ3n) is 3.68. The Kier molecular flexibility index (Phi) is 6.03. The second kappa shape index (κ2) is 8.22. The van der Waals surface area contributed by atoms with E-state index in [0.29, 0.717) is 13.2 Å². The molecule has 4 heteroatoms. The van der Waals surface area contributed by atoms with Crippen LogP contribution in [-0.2, 0) is 9.53 Å². The van der Waals surface area contributed by atoms with Crippen molar-refractivity contribution < 1.29 is 14.3 Å². The largest absolute Gasteiger partial charge is 0.497 e. The molecule has 0 fully saturated rings. The van der Waals surface area contributed by atoms with Gasteiger partial charge in [0.05, 0.1) is 13.7 Å². The highest BCUT2D eigenvalue weighted by Gasteiger charge is 2.28. The Morgan fingerprint density at radius 2 is 1.70 bits per heavy atom. The lowest BCUT2D eigenvalue weighted by atomic mass is 10.0. The number of benzene rings is 2. The SMILES string of the molecule is CCOC(=O)C(c1ccccc1)N(CC)c1ccc(OC)cc1. The number of hydrogen-bond acceptors (Lipinski definition) is 4. The summed E-state index contributed by atoms with van der Waals surface area (Å²) < 4.78 is 10.5. The first kappa shape index (κ1) is 16.9. The average molecular weight is 313 g/mol. The third-order valence-corrected chi connectivity index (χ3v) is 3.68. The Balaban J connectivity index is 2.39. The van der Waals surface area contributed by atoms with Crippen LogP contribution in [0.4, 0.5) is 5.69 Å². The van der Waals surface area contributed by atoms with Crippen molar-refractivity contribution in [2.24, 2.45) is 0 Å². The summed E-state index contributed by atoms with van der Waals surface area (Å²) in [5, 5.41) is 0. The minimum atomic E-state index is -0.463. The predicted molar refractivity (Wildman–Crippen MR) is 91.8 cm³/mol. The number of methoxy groups -OCH3 is 1. The number of anilines is 1. The molecule has 4 nitrogen and oxygen atoms in total. The van der Waals surface area contributed by atoms with Crippen LogP contribution in [0.25, 0.3) is 0 Å². The molecular weight excluding hydrogens is 290 g/mol. The highest BCUT2D eigenvalue weighted by molar-refractivity contribution is 5.82. The fourth-order valence-corrected chi connectivity index (χ4v) is 2.59. The van der Waals surface area contributed by atoms with Crippen LogP contribution in [0, 0.1) is 0 Å². The molecule has 1 unspecified atom stereocenters. The summed E-state index contributed by atoms with van der Waals surface area (Å²) in [7, 11) is 1.64. The summed E-state index contributed by atoms with van der Waals surface area (Å²) in [6, 6.07) is 16.9. The van der Waals surface area contributed by atoms with Gasteiger partial charge in [-0.1, -0.05) is 30.3 Å². The molecule has 0 aromatic heterocycles. The molecule has 0 saturated carbocycles. The zero-order chi connectivity index (χ0) is 16.7. The van der Waals surface area contributed by atoms with Crippen LogP contribution in [-0.4, -0.2) is 26.2 Å². The molecule has 122 valence electrons. The van der Waals surface area contributed by atoms with Gasteiger partial charge in [-0.3, -0.25) is 0 Å². The van der Waals surface area contributed by atoms with Gasteiger partial charge in [-0.05, 0) is 43.7 Å². The number of likely N-dealkylation sites (N-methyl/N-ethyl adjacent to an activating group) is 1. The first-order valence-corrected chi connectivity index (χ1v) is 7.83. The Bertz CT molecular complexity index is 610. The van der Waals surface area contributed by atoms with E-state index in [-0.39, 0.29) is 5.97 Å². The summed E-state index contributed by atoms with van der Waals surface area (Å²) >= 11 is 0. The van der Waals surface area contributed by atoms with Crippen molar-refractivity contribution in [2.75, 3.05) is 25.2 Å². The summed E-state index contributed by atoms with van der Waals surface area (Å²) in [6.45, 7) is 4.90. The lowest BCUT2D eigenvalue weighted by Gasteiger charge is -2.31. The number of carbonyl (C=O) groups is 1. The minimum absolute atomic E-state index is 0.239. The normalized spacial score (nSPS) is 11.6. The maximum absolute atomic E-state index is 12.6. The standard InChI is InChI=1S/C19H23NO3/c1-4-20(16-11-13-17(22-3)14-12-16)18(19(21)23-5-2)15-9-7-6-8-10-15/h6-14,18H,4-5H2,1-3H3. The van der Waals surface area contributed by atoms with Crippen LogP contribution in [0.2, 0.25) is 0 Å². The van der Waals surface area contributed by atoms with Crippen LogP contribution in [0.5, 0.6) is 5.75 Å². The van der Waals surface area contributed by atoms with Crippen molar-refractivity contribution in [3.05, 3.63) is 60.2 Å². The van der Waals surface area contributed by atoms with Crippen LogP contribution >= 0.6 is 0 Å². The van der Waals surface area contributed by atoms with Crippen molar-refractivity contribution in [1.29, 1.82) is 0 Å². The van der Waals surface area contributed by atoms with Crippen LogP contribution in [0.1, 0.15) is 25.5 Å². The maximum Gasteiger partial charge on any atom is 0.333 e. The lowest BCUT2D eigenvalue weighted by molar-refractivity contribution is -0.144. The Morgan fingerprint density at radius 1 is 1.04 bits per heavy atom. The van der Waals surface area contributed by atoms with E-state index in [2.05, 4.69) is 0 Å². The predicted octanol–water partition coefficient (Wildman–Crippen LogP) is 3.83. The van der Waals surface area contributed by atoms with E-state index >= 15 is 0 Å². The van der Waals surface area contributed by atoms with E-state index in [1.54, 1.807) is 7.11 Å². The highest BCUT2D eigenvalue weighted by atomic mass is 16.5. The third kappa shape index (κ3) is 4.03. The van der Waals surface area contributed by atoms with Crippen molar-refractivity contribution in [1.82, 2.24) is 0 Å². The topological polar surface area (TPSA) is 38.8 Å². The van der Waals surface area contributed by atoms with Crippen molar-refractivity contribution in [3.63, 3.8) is 0 Å². The van der Waals surface area contributed by atoms with E-state index in [4.69, 9.17) is 9.47 Å². The minimum Gasteiger partial charge on any atom is -0.497 e. The molecule has 2 aromatic rings. The van der Waals surface area contributed by atoms with Crippen LogP contribution in [0.15, 0.2) is 54.6 Å². The first-order chi connectivity index (χ1) is 11.2. The van der Waals surface area contributed by atoms with Gasteiger partial charge in [0.2, 0.25) is 0 Å². The monoisotopic (exact) mass is 313 g/mol. The molecule has 23 heavy (non-hydrogen) atoms. The molecule has 0 aliphatic heterocycles. The van der Waals surface area contributed by atoms with Gasteiger partial charge in [0, 0.05) is 12.2 Å². The number of ether oxygens (including phenoxy) is 2. The second-order valence-electron chi connectivity index (χ2n) is 5.05. The molecule has 0 aliphatic rings. The zero-order valence-electron chi connectivity index (χ0n) is 13.9. The first-order valence-electron chi connectivity index (χ1n) is 7.83. The molecule has 2 aromatic carbocycles. The van der Waals surface area contributed by atoms with E-state index in [1.165, 1.54) is 0 Å². The van der Waals surface area contributed by atoms with Gasteiger partial charge in [-0.2, -0.15) is 0 Å². The fraction of sp³-hybridized carbons (Fsp3) is 0.316. The number of nitrogens with zero attached hydrogens (tertiary/aromatic N) is 1. The molecule has 0 heterocycles. The maximum atomic E-state index is 12.6. The van der Waals surface area contributed by atoms with E-state index < -0.39 is 6.04 Å². The summed E-state index contributed by atoms with van der Waals surface area (Å²) in [4.78, 5) is 14.6. The molecular formula is C19H23NO3. The van der Waals surface area contributed by atoms with Gasteiger partial charge in [0.15, 0.2) is 6.04 Å². The molecule has 0 amide bonds. The van der Waals surface area contributed by atoms with Gasteiger partial charge in [-0.15, -0.1) is 0 Å². The second-order valence-corrected chi connectivity index (χ2v) is 5.05. The molecule has 0 bridgehead atoms. The summed E-state index contributed by atoms with van der Waals surface area (Å²) in [6.07, 6.45) is 0. The smallest absolute Gasteiger partial charge is 0.333 e. The van der Waals surface area contributed by atoms with E-state index in [9.17, 15) is 4.79 Å². The fourth-order valence-electron chi connectivity index (χ4n) is 2.59. The zero-order valence-corrected chi connectivity index (χ0v) is 13.9. The Labute approximate surface area is 137 Å². The molecule has 0 saturated heterocycles. The van der Waals surface area contributed by atoms with Gasteiger partial charge >= 0.3 is 5.97 Å². The van der Waals surface area contributed by atoms with Crippen molar-refractivity contribution in [3.8, 4) is 5.75 Å². The van der Waals surface area contributed by atoms with Crippen molar-refractivity contribution in [2.45, 2.75) is 19.9 Å². The molecule has 0 spiro atoms. The van der Waals surface area contributed by atoms with Crippen LogP contribution in [0.3, 0.4) is 0 Å². The molecule has 0 radical (unpaired) electrons. The lowest BCUT2D eigenvalue weighted by Crippen LogP contribution is -2.35. The van der Waals surface area contributed by atoms with Gasteiger partial charge in [0.25, 0.3) is 0 Å². The molecule has 1 atom stereocenters. The van der Waals surface area contributed by atoms with Crippen LogP contribution < -0.4 is 9.64 Å². The molecule has 0 N–H and O–H groups in total.